The molecule has 0 unspecified atom stereocenters. The number of aryl methyl sites for hydroxylation is 1. The molecule has 23 heavy (non-hydrogen) atoms. The summed E-state index contributed by atoms with van der Waals surface area (Å²) in [6, 6.07) is 6.39. The van der Waals surface area contributed by atoms with Crippen LogP contribution >= 0.6 is 11.3 Å². The predicted octanol–water partition coefficient (Wildman–Crippen LogP) is 1.64. The highest BCUT2D eigenvalue weighted by atomic mass is 32.2. The van der Waals surface area contributed by atoms with Crippen molar-refractivity contribution in [1.82, 2.24) is 9.29 Å². The first-order chi connectivity index (χ1) is 11.0. The van der Waals surface area contributed by atoms with E-state index in [-0.39, 0.29) is 17.4 Å². The van der Waals surface area contributed by atoms with Crippen molar-refractivity contribution >= 4 is 21.4 Å². The molecule has 1 aliphatic rings. The molecule has 1 aromatic carbocycles. The van der Waals surface area contributed by atoms with Gasteiger partial charge in [0.1, 0.15) is 12.4 Å². The normalized spacial score (nSPS) is 16.3. The molecule has 3 rings (SSSR count). The van der Waals surface area contributed by atoms with Gasteiger partial charge >= 0.3 is 0 Å². The number of nitrogens with zero attached hydrogens (tertiary/aromatic N) is 2. The van der Waals surface area contributed by atoms with E-state index in [0.29, 0.717) is 25.4 Å². The van der Waals surface area contributed by atoms with E-state index in [4.69, 9.17) is 9.84 Å². The second-order valence-electron chi connectivity index (χ2n) is 5.49. The number of aliphatic hydroxyl groups is 1. The van der Waals surface area contributed by atoms with Crippen molar-refractivity contribution in [2.45, 2.75) is 18.4 Å². The minimum absolute atomic E-state index is 0.0227. The minimum Gasteiger partial charge on any atom is -0.487 e. The third-order valence-corrected chi connectivity index (χ3v) is 6.36. The van der Waals surface area contributed by atoms with Gasteiger partial charge in [0.15, 0.2) is 0 Å². The van der Waals surface area contributed by atoms with Crippen molar-refractivity contribution in [2.75, 3.05) is 19.7 Å². The van der Waals surface area contributed by atoms with Crippen LogP contribution in [0, 0.1) is 12.8 Å². The molecule has 1 N–H and O–H groups in total. The molecule has 8 heteroatoms. The zero-order chi connectivity index (χ0) is 16.4. The first-order valence-electron chi connectivity index (χ1n) is 7.24. The Labute approximate surface area is 139 Å². The average molecular weight is 354 g/mol. The summed E-state index contributed by atoms with van der Waals surface area (Å²) in [6.45, 7) is 3.07. The molecular weight excluding hydrogens is 336 g/mol. The van der Waals surface area contributed by atoms with Crippen LogP contribution in [0.3, 0.4) is 0 Å². The number of hydrogen-bond acceptors (Lipinski definition) is 6. The maximum atomic E-state index is 12.4. The van der Waals surface area contributed by atoms with E-state index in [1.807, 2.05) is 12.3 Å². The summed E-state index contributed by atoms with van der Waals surface area (Å²) < 4.78 is 31.7. The summed E-state index contributed by atoms with van der Waals surface area (Å²) >= 11 is 1.57. The van der Waals surface area contributed by atoms with Crippen molar-refractivity contribution in [3.63, 3.8) is 0 Å². The molecule has 0 atom stereocenters. The standard InChI is InChI=1S/C15H18N2O4S2/c1-11-16-13(10-22-11)9-21-14-2-4-15(5-3-14)23(19,20)17-6-12(7-17)8-18/h2-5,10,12,18H,6-9H2,1H3. The van der Waals surface area contributed by atoms with E-state index in [0.717, 1.165) is 10.7 Å². The van der Waals surface area contributed by atoms with Crippen LogP contribution in [0.2, 0.25) is 0 Å². The van der Waals surface area contributed by atoms with Gasteiger partial charge in [0.2, 0.25) is 10.0 Å². The summed E-state index contributed by atoms with van der Waals surface area (Å²) in [7, 11) is -3.47. The summed E-state index contributed by atoms with van der Waals surface area (Å²) in [5.41, 5.74) is 0.861. The number of aliphatic hydroxyl groups excluding tert-OH is 1. The Morgan fingerprint density at radius 1 is 1.35 bits per heavy atom. The van der Waals surface area contributed by atoms with E-state index in [1.165, 1.54) is 4.31 Å². The monoisotopic (exact) mass is 354 g/mol. The molecule has 6 nitrogen and oxygen atoms in total. The molecule has 0 amide bonds. The maximum Gasteiger partial charge on any atom is 0.243 e. The van der Waals surface area contributed by atoms with Gasteiger partial charge in [-0.3, -0.25) is 0 Å². The van der Waals surface area contributed by atoms with Crippen LogP contribution in [0.1, 0.15) is 10.7 Å². The summed E-state index contributed by atoms with van der Waals surface area (Å²) in [6.07, 6.45) is 0. The average Bonchev–Trinajstić information content (AvgIpc) is 2.90. The molecule has 0 radical (unpaired) electrons. The molecule has 1 aromatic heterocycles. The number of aromatic nitrogens is 1. The molecule has 1 aliphatic heterocycles. The predicted molar refractivity (Wildman–Crippen MR) is 87.0 cm³/mol. The third-order valence-electron chi connectivity index (χ3n) is 3.70. The van der Waals surface area contributed by atoms with Gasteiger partial charge < -0.3 is 9.84 Å². The molecule has 2 aromatic rings. The number of sulfonamides is 1. The fourth-order valence-electron chi connectivity index (χ4n) is 2.32. The van der Waals surface area contributed by atoms with Crippen LogP contribution < -0.4 is 4.74 Å². The van der Waals surface area contributed by atoms with Crippen LogP contribution in [-0.4, -0.2) is 42.5 Å². The Balaban J connectivity index is 1.62. The van der Waals surface area contributed by atoms with Gasteiger partial charge in [0.05, 0.1) is 15.6 Å². The van der Waals surface area contributed by atoms with E-state index in [2.05, 4.69) is 4.98 Å². The third kappa shape index (κ3) is 3.55. The van der Waals surface area contributed by atoms with Crippen molar-refractivity contribution < 1.29 is 18.3 Å². The lowest BCUT2D eigenvalue weighted by molar-refractivity contribution is 0.117. The molecule has 2 heterocycles. The van der Waals surface area contributed by atoms with E-state index in [1.54, 1.807) is 35.6 Å². The first kappa shape index (κ1) is 16.4. The van der Waals surface area contributed by atoms with Gasteiger partial charge in [0, 0.05) is 31.0 Å². The Morgan fingerprint density at radius 3 is 2.61 bits per heavy atom. The molecule has 0 saturated carbocycles. The van der Waals surface area contributed by atoms with Crippen LogP contribution in [-0.2, 0) is 16.6 Å². The second kappa shape index (κ2) is 6.56. The maximum absolute atomic E-state index is 12.4. The van der Waals surface area contributed by atoms with Crippen molar-refractivity contribution in [3.8, 4) is 5.75 Å². The summed E-state index contributed by atoms with van der Waals surface area (Å²) in [5, 5.41) is 11.9. The van der Waals surface area contributed by atoms with Gasteiger partial charge in [-0.1, -0.05) is 0 Å². The van der Waals surface area contributed by atoms with Gasteiger partial charge in [0.25, 0.3) is 0 Å². The van der Waals surface area contributed by atoms with Crippen LogP contribution in [0.5, 0.6) is 5.75 Å². The molecule has 0 aliphatic carbocycles. The van der Waals surface area contributed by atoms with Crippen molar-refractivity contribution in [1.29, 1.82) is 0 Å². The lowest BCUT2D eigenvalue weighted by Gasteiger charge is -2.36. The number of benzene rings is 1. The summed E-state index contributed by atoms with van der Waals surface area (Å²) in [5.74, 6) is 0.653. The van der Waals surface area contributed by atoms with Crippen LogP contribution in [0.15, 0.2) is 34.5 Å². The zero-order valence-corrected chi connectivity index (χ0v) is 14.3. The molecule has 0 bridgehead atoms. The number of ether oxygens (including phenoxy) is 1. The number of thiazole rings is 1. The minimum atomic E-state index is -3.47. The molecule has 0 spiro atoms. The van der Waals surface area contributed by atoms with Crippen molar-refractivity contribution in [2.24, 2.45) is 5.92 Å². The van der Waals surface area contributed by atoms with Crippen LogP contribution in [0.25, 0.3) is 0 Å². The molecule has 124 valence electrons. The topological polar surface area (TPSA) is 79.7 Å². The first-order valence-corrected chi connectivity index (χ1v) is 9.56. The van der Waals surface area contributed by atoms with Gasteiger partial charge in [-0.2, -0.15) is 4.31 Å². The van der Waals surface area contributed by atoms with Crippen LogP contribution in [0.4, 0.5) is 0 Å². The SMILES string of the molecule is Cc1nc(COc2ccc(S(=O)(=O)N3CC(CO)C3)cc2)cs1. The number of rotatable bonds is 6. The highest BCUT2D eigenvalue weighted by Crippen LogP contribution is 2.26. The molecule has 1 fully saturated rings. The van der Waals surface area contributed by atoms with E-state index in [9.17, 15) is 8.42 Å². The lowest BCUT2D eigenvalue weighted by Crippen LogP contribution is -2.51. The highest BCUT2D eigenvalue weighted by molar-refractivity contribution is 7.89. The smallest absolute Gasteiger partial charge is 0.243 e. The number of hydrogen-bond donors (Lipinski definition) is 1. The van der Waals surface area contributed by atoms with Crippen molar-refractivity contribution in [3.05, 3.63) is 40.3 Å². The molecular formula is C15H18N2O4S2. The fourth-order valence-corrected chi connectivity index (χ4v) is 4.51. The Hall–Kier alpha value is -1.48. The Bertz CT molecular complexity index is 765. The lowest BCUT2D eigenvalue weighted by atomic mass is 10.1. The molecule has 1 saturated heterocycles. The zero-order valence-electron chi connectivity index (χ0n) is 12.7. The quantitative estimate of drug-likeness (QED) is 0.853. The Morgan fingerprint density at radius 2 is 2.04 bits per heavy atom. The largest absolute Gasteiger partial charge is 0.487 e. The Kier molecular flexibility index (Phi) is 4.67. The fraction of sp³-hybridized carbons (Fsp3) is 0.400. The van der Waals surface area contributed by atoms with Gasteiger partial charge in [-0.25, -0.2) is 13.4 Å². The van der Waals surface area contributed by atoms with Gasteiger partial charge in [-0.05, 0) is 31.2 Å². The second-order valence-corrected chi connectivity index (χ2v) is 8.49. The summed E-state index contributed by atoms with van der Waals surface area (Å²) in [4.78, 5) is 4.55. The van der Waals surface area contributed by atoms with E-state index < -0.39 is 10.0 Å². The highest BCUT2D eigenvalue weighted by Gasteiger charge is 2.36. The van der Waals surface area contributed by atoms with Gasteiger partial charge in [-0.15, -0.1) is 11.3 Å². The van der Waals surface area contributed by atoms with E-state index >= 15 is 0 Å².